The zero-order chi connectivity index (χ0) is 20.0. The second kappa shape index (κ2) is 9.02. The SMILES string of the molecule is CC(=O)Nc1ccc(S(=O)(=O)NCC#CCN2CCc3ccccc3C2)cc1. The number of anilines is 1. The average molecular weight is 398 g/mol. The van der Waals surface area contributed by atoms with Crippen molar-refractivity contribution in [2.75, 3.05) is 25.0 Å². The summed E-state index contributed by atoms with van der Waals surface area (Å²) in [6, 6.07) is 14.4. The van der Waals surface area contributed by atoms with E-state index < -0.39 is 10.0 Å². The van der Waals surface area contributed by atoms with Crippen molar-refractivity contribution >= 4 is 21.6 Å². The molecule has 0 unspecified atom stereocenters. The molecule has 0 atom stereocenters. The number of carbonyl (C=O) groups excluding carboxylic acids is 1. The Labute approximate surface area is 166 Å². The molecule has 3 rings (SSSR count). The summed E-state index contributed by atoms with van der Waals surface area (Å²) >= 11 is 0. The van der Waals surface area contributed by atoms with Crippen LogP contribution in [-0.4, -0.2) is 38.9 Å². The van der Waals surface area contributed by atoms with Gasteiger partial charge >= 0.3 is 0 Å². The van der Waals surface area contributed by atoms with E-state index in [1.54, 1.807) is 12.1 Å². The number of carbonyl (C=O) groups is 1. The fourth-order valence-electron chi connectivity index (χ4n) is 3.05. The summed E-state index contributed by atoms with van der Waals surface area (Å²) < 4.78 is 27.1. The van der Waals surface area contributed by atoms with Gasteiger partial charge in [-0.1, -0.05) is 36.1 Å². The molecule has 1 amide bonds. The van der Waals surface area contributed by atoms with E-state index in [4.69, 9.17) is 0 Å². The second-order valence-corrected chi connectivity index (χ2v) is 8.38. The molecule has 0 saturated carbocycles. The average Bonchev–Trinajstić information content (AvgIpc) is 2.67. The minimum Gasteiger partial charge on any atom is -0.326 e. The Kier molecular flexibility index (Phi) is 6.47. The van der Waals surface area contributed by atoms with Crippen LogP contribution >= 0.6 is 0 Å². The van der Waals surface area contributed by atoms with Gasteiger partial charge in [-0.15, -0.1) is 0 Å². The van der Waals surface area contributed by atoms with Crippen molar-refractivity contribution in [1.29, 1.82) is 0 Å². The number of hydrogen-bond donors (Lipinski definition) is 2. The fourth-order valence-corrected chi connectivity index (χ4v) is 3.98. The highest BCUT2D eigenvalue weighted by Gasteiger charge is 2.14. The van der Waals surface area contributed by atoms with Gasteiger partial charge in [0, 0.05) is 25.7 Å². The summed E-state index contributed by atoms with van der Waals surface area (Å²) in [6.07, 6.45) is 1.01. The van der Waals surface area contributed by atoms with Gasteiger partial charge < -0.3 is 5.32 Å². The summed E-state index contributed by atoms with van der Waals surface area (Å²) in [4.78, 5) is 13.4. The van der Waals surface area contributed by atoms with Gasteiger partial charge in [-0.25, -0.2) is 8.42 Å². The molecular formula is C21H23N3O3S. The van der Waals surface area contributed by atoms with Crippen LogP contribution in [0.25, 0.3) is 0 Å². The molecular weight excluding hydrogens is 374 g/mol. The first-order chi connectivity index (χ1) is 13.4. The second-order valence-electron chi connectivity index (χ2n) is 6.61. The molecule has 2 aromatic rings. The van der Waals surface area contributed by atoms with Crippen LogP contribution in [0, 0.1) is 11.8 Å². The van der Waals surface area contributed by atoms with Crippen molar-refractivity contribution < 1.29 is 13.2 Å². The predicted octanol–water partition coefficient (Wildman–Crippen LogP) is 1.98. The van der Waals surface area contributed by atoms with Crippen molar-refractivity contribution in [3.63, 3.8) is 0 Å². The van der Waals surface area contributed by atoms with Gasteiger partial charge in [-0.3, -0.25) is 9.69 Å². The van der Waals surface area contributed by atoms with Gasteiger partial charge in [-0.05, 0) is 41.8 Å². The van der Waals surface area contributed by atoms with Crippen molar-refractivity contribution in [3.8, 4) is 11.8 Å². The number of sulfonamides is 1. The first-order valence-electron chi connectivity index (χ1n) is 9.06. The Balaban J connectivity index is 1.49. The van der Waals surface area contributed by atoms with E-state index in [1.165, 1.54) is 30.2 Å². The smallest absolute Gasteiger partial charge is 0.241 e. The first kappa shape index (κ1) is 20.1. The lowest BCUT2D eigenvalue weighted by Gasteiger charge is -2.26. The molecule has 2 N–H and O–H groups in total. The van der Waals surface area contributed by atoms with Gasteiger partial charge in [0.2, 0.25) is 15.9 Å². The van der Waals surface area contributed by atoms with Gasteiger partial charge in [0.25, 0.3) is 0 Å². The van der Waals surface area contributed by atoms with Gasteiger partial charge in [0.1, 0.15) is 0 Å². The molecule has 1 aliphatic rings. The summed E-state index contributed by atoms with van der Waals surface area (Å²) in [5.41, 5.74) is 3.28. The Hall–Kier alpha value is -2.66. The molecule has 0 radical (unpaired) electrons. The highest BCUT2D eigenvalue weighted by molar-refractivity contribution is 7.89. The van der Waals surface area contributed by atoms with E-state index >= 15 is 0 Å². The van der Waals surface area contributed by atoms with E-state index in [0.29, 0.717) is 12.2 Å². The van der Waals surface area contributed by atoms with Crippen LogP contribution in [-0.2, 0) is 27.8 Å². The van der Waals surface area contributed by atoms with Crippen molar-refractivity contribution in [3.05, 3.63) is 59.7 Å². The van der Waals surface area contributed by atoms with E-state index in [9.17, 15) is 13.2 Å². The fraction of sp³-hybridized carbons (Fsp3) is 0.286. The van der Waals surface area contributed by atoms with Crippen LogP contribution in [0.4, 0.5) is 5.69 Å². The lowest BCUT2D eigenvalue weighted by molar-refractivity contribution is -0.114. The summed E-state index contributed by atoms with van der Waals surface area (Å²) in [6.45, 7) is 3.89. The maximum atomic E-state index is 12.3. The summed E-state index contributed by atoms with van der Waals surface area (Å²) in [5, 5.41) is 2.60. The number of hydrogen-bond acceptors (Lipinski definition) is 4. The molecule has 7 heteroatoms. The van der Waals surface area contributed by atoms with Crippen LogP contribution in [0.15, 0.2) is 53.4 Å². The van der Waals surface area contributed by atoms with Crippen LogP contribution in [0.1, 0.15) is 18.1 Å². The number of fused-ring (bicyclic) bond motifs is 1. The third kappa shape index (κ3) is 5.42. The predicted molar refractivity (Wildman–Crippen MR) is 109 cm³/mol. The quantitative estimate of drug-likeness (QED) is 0.757. The maximum Gasteiger partial charge on any atom is 0.241 e. The normalized spacial score (nSPS) is 13.9. The van der Waals surface area contributed by atoms with Gasteiger partial charge in [0.05, 0.1) is 18.0 Å². The topological polar surface area (TPSA) is 78.5 Å². The lowest BCUT2D eigenvalue weighted by Crippen LogP contribution is -2.31. The number of rotatable bonds is 5. The minimum absolute atomic E-state index is 0.0558. The molecule has 2 aromatic carbocycles. The molecule has 0 spiro atoms. The Bertz CT molecular complexity index is 1010. The summed E-state index contributed by atoms with van der Waals surface area (Å²) in [7, 11) is -3.63. The lowest BCUT2D eigenvalue weighted by atomic mass is 10.0. The van der Waals surface area contributed by atoms with Crippen LogP contribution < -0.4 is 10.0 Å². The largest absolute Gasteiger partial charge is 0.326 e. The molecule has 0 aliphatic carbocycles. The minimum atomic E-state index is -3.63. The first-order valence-corrected chi connectivity index (χ1v) is 10.5. The molecule has 0 aromatic heterocycles. The van der Waals surface area contributed by atoms with Gasteiger partial charge in [-0.2, -0.15) is 4.72 Å². The molecule has 1 heterocycles. The molecule has 6 nitrogen and oxygen atoms in total. The summed E-state index contributed by atoms with van der Waals surface area (Å²) in [5.74, 6) is 5.72. The third-order valence-electron chi connectivity index (χ3n) is 4.47. The maximum absolute atomic E-state index is 12.3. The molecule has 0 fully saturated rings. The van der Waals surface area contributed by atoms with Crippen molar-refractivity contribution in [1.82, 2.24) is 9.62 Å². The van der Waals surface area contributed by atoms with E-state index in [-0.39, 0.29) is 17.3 Å². The Morgan fingerprint density at radius 2 is 1.79 bits per heavy atom. The Morgan fingerprint density at radius 3 is 2.50 bits per heavy atom. The zero-order valence-corrected chi connectivity index (χ0v) is 16.6. The number of nitrogens with zero attached hydrogens (tertiary/aromatic N) is 1. The molecule has 28 heavy (non-hydrogen) atoms. The monoisotopic (exact) mass is 397 g/mol. The third-order valence-corrected chi connectivity index (χ3v) is 5.89. The van der Waals surface area contributed by atoms with Crippen molar-refractivity contribution in [2.45, 2.75) is 24.8 Å². The van der Waals surface area contributed by atoms with Crippen LogP contribution in [0.2, 0.25) is 0 Å². The molecule has 146 valence electrons. The number of nitrogens with one attached hydrogen (secondary N) is 2. The number of benzene rings is 2. The zero-order valence-electron chi connectivity index (χ0n) is 15.7. The molecule has 0 bridgehead atoms. The Morgan fingerprint density at radius 1 is 1.07 bits per heavy atom. The van der Waals surface area contributed by atoms with Gasteiger partial charge in [0.15, 0.2) is 0 Å². The van der Waals surface area contributed by atoms with Crippen molar-refractivity contribution in [2.24, 2.45) is 0 Å². The molecule has 0 saturated heterocycles. The highest BCUT2D eigenvalue weighted by Crippen LogP contribution is 2.17. The van der Waals surface area contributed by atoms with E-state index in [2.05, 4.69) is 45.0 Å². The van der Waals surface area contributed by atoms with E-state index in [0.717, 1.165) is 19.5 Å². The molecule has 1 aliphatic heterocycles. The van der Waals surface area contributed by atoms with Crippen LogP contribution in [0.5, 0.6) is 0 Å². The number of amides is 1. The standard InChI is InChI=1S/C21H23N3O3S/c1-17(25)23-20-8-10-21(11-9-20)28(26,27)22-13-4-5-14-24-15-12-18-6-2-3-7-19(18)16-24/h2-3,6-11,22H,12-16H2,1H3,(H,23,25). The van der Waals surface area contributed by atoms with Crippen LogP contribution in [0.3, 0.4) is 0 Å². The van der Waals surface area contributed by atoms with E-state index in [1.807, 2.05) is 6.07 Å². The highest BCUT2D eigenvalue weighted by atomic mass is 32.2.